The highest BCUT2D eigenvalue weighted by molar-refractivity contribution is 5.92. The Kier molecular flexibility index (Phi) is 5.81. The zero-order valence-corrected chi connectivity index (χ0v) is 15.9. The number of aryl methyl sites for hydroxylation is 2. The van der Waals surface area contributed by atoms with Gasteiger partial charge in [0, 0.05) is 24.5 Å². The number of nitrogens with one attached hydrogen (secondary N) is 1. The third kappa shape index (κ3) is 4.70. The molecule has 0 saturated heterocycles. The maximum Gasteiger partial charge on any atom is 0.270 e. The van der Waals surface area contributed by atoms with Gasteiger partial charge < -0.3 is 10.2 Å². The van der Waals surface area contributed by atoms with Crippen LogP contribution < -0.4 is 10.2 Å². The molecule has 0 bridgehead atoms. The van der Waals surface area contributed by atoms with Crippen LogP contribution in [-0.4, -0.2) is 22.4 Å². The van der Waals surface area contributed by atoms with Crippen LogP contribution in [-0.2, 0) is 6.54 Å². The van der Waals surface area contributed by atoms with E-state index in [1.54, 1.807) is 6.07 Å². The van der Waals surface area contributed by atoms with Crippen molar-refractivity contribution in [1.82, 2.24) is 15.3 Å². The van der Waals surface area contributed by atoms with Gasteiger partial charge in [-0.25, -0.2) is 9.97 Å². The van der Waals surface area contributed by atoms with Crippen LogP contribution in [0.15, 0.2) is 60.7 Å². The molecule has 1 N–H and O–H groups in total. The van der Waals surface area contributed by atoms with E-state index >= 15 is 0 Å². The van der Waals surface area contributed by atoms with Gasteiger partial charge >= 0.3 is 0 Å². The normalized spacial score (nSPS) is 10.5. The number of hydrogen-bond acceptors (Lipinski definition) is 4. The fourth-order valence-electron chi connectivity index (χ4n) is 2.82. The molecule has 2 aromatic carbocycles. The van der Waals surface area contributed by atoms with Crippen molar-refractivity contribution in [3.8, 4) is 0 Å². The number of carbonyl (C=O) groups excluding carboxylic acids is 1. The second-order valence-electron chi connectivity index (χ2n) is 6.44. The van der Waals surface area contributed by atoms with Crippen molar-refractivity contribution in [2.24, 2.45) is 0 Å². The molecule has 1 heterocycles. The van der Waals surface area contributed by atoms with E-state index in [0.717, 1.165) is 16.9 Å². The summed E-state index contributed by atoms with van der Waals surface area (Å²) in [5, 5.41) is 2.94. The first-order valence-corrected chi connectivity index (χ1v) is 9.09. The number of carbonyl (C=O) groups is 1. The van der Waals surface area contributed by atoms with Crippen molar-refractivity contribution in [1.29, 1.82) is 0 Å². The van der Waals surface area contributed by atoms with Gasteiger partial charge in [0.15, 0.2) is 0 Å². The molecule has 27 heavy (non-hydrogen) atoms. The van der Waals surface area contributed by atoms with Gasteiger partial charge in [0.25, 0.3) is 5.91 Å². The summed E-state index contributed by atoms with van der Waals surface area (Å²) in [6.45, 7) is 7.13. The van der Waals surface area contributed by atoms with Crippen LogP contribution in [0.1, 0.15) is 34.2 Å². The summed E-state index contributed by atoms with van der Waals surface area (Å²) in [7, 11) is 0. The zero-order chi connectivity index (χ0) is 19.2. The lowest BCUT2D eigenvalue weighted by Gasteiger charge is -2.21. The molecule has 0 aliphatic rings. The minimum atomic E-state index is -0.202. The molecule has 0 aliphatic carbocycles. The van der Waals surface area contributed by atoms with Gasteiger partial charge in [-0.15, -0.1) is 0 Å². The van der Waals surface area contributed by atoms with Crippen molar-refractivity contribution >= 4 is 17.5 Å². The molecule has 1 amide bonds. The maximum absolute atomic E-state index is 12.6. The van der Waals surface area contributed by atoms with Crippen LogP contribution in [0.2, 0.25) is 0 Å². The van der Waals surface area contributed by atoms with Crippen LogP contribution in [0.3, 0.4) is 0 Å². The van der Waals surface area contributed by atoms with Crippen LogP contribution >= 0.6 is 0 Å². The average Bonchev–Trinajstić information content (AvgIpc) is 2.68. The lowest BCUT2D eigenvalue weighted by molar-refractivity contribution is 0.0945. The van der Waals surface area contributed by atoms with Gasteiger partial charge in [-0.05, 0) is 44.5 Å². The Bertz CT molecular complexity index is 907. The van der Waals surface area contributed by atoms with Crippen molar-refractivity contribution in [2.75, 3.05) is 11.4 Å². The smallest absolute Gasteiger partial charge is 0.270 e. The van der Waals surface area contributed by atoms with E-state index in [2.05, 4.69) is 15.3 Å². The first-order chi connectivity index (χ1) is 13.1. The minimum Gasteiger partial charge on any atom is -0.347 e. The predicted octanol–water partition coefficient (Wildman–Crippen LogP) is 4.18. The Balaban J connectivity index is 1.79. The van der Waals surface area contributed by atoms with Crippen molar-refractivity contribution in [3.63, 3.8) is 0 Å². The topological polar surface area (TPSA) is 58.1 Å². The van der Waals surface area contributed by atoms with Gasteiger partial charge in [-0.2, -0.15) is 0 Å². The molecule has 3 aromatic rings. The second kappa shape index (κ2) is 8.45. The summed E-state index contributed by atoms with van der Waals surface area (Å²) in [6.07, 6.45) is 0. The van der Waals surface area contributed by atoms with Crippen LogP contribution in [0.4, 0.5) is 11.6 Å². The molecule has 0 atom stereocenters. The van der Waals surface area contributed by atoms with E-state index in [-0.39, 0.29) is 5.91 Å². The van der Waals surface area contributed by atoms with Crippen molar-refractivity contribution in [2.45, 2.75) is 27.3 Å². The third-order valence-corrected chi connectivity index (χ3v) is 4.27. The fraction of sp³-hybridized carbons (Fsp3) is 0.227. The predicted molar refractivity (Wildman–Crippen MR) is 108 cm³/mol. The highest BCUT2D eigenvalue weighted by Gasteiger charge is 2.15. The molecule has 1 aromatic heterocycles. The van der Waals surface area contributed by atoms with Crippen LogP contribution in [0.5, 0.6) is 0 Å². The highest BCUT2D eigenvalue weighted by atomic mass is 16.1. The van der Waals surface area contributed by atoms with E-state index in [1.165, 1.54) is 5.56 Å². The molecule has 0 fully saturated rings. The van der Waals surface area contributed by atoms with Gasteiger partial charge in [-0.1, -0.05) is 48.0 Å². The Morgan fingerprint density at radius 2 is 1.70 bits per heavy atom. The number of hydrogen-bond donors (Lipinski definition) is 1. The standard InChI is InChI=1S/C22H24N4O/c1-4-26(19-8-6-5-7-9-19)22-24-17(3)14-20(25-22)21(27)23-15-18-12-10-16(2)11-13-18/h5-14H,4,15H2,1-3H3,(H,23,27). The van der Waals surface area contributed by atoms with Crippen LogP contribution in [0, 0.1) is 13.8 Å². The van der Waals surface area contributed by atoms with Gasteiger partial charge in [-0.3, -0.25) is 4.79 Å². The van der Waals surface area contributed by atoms with Gasteiger partial charge in [0.05, 0.1) is 0 Å². The molecule has 5 nitrogen and oxygen atoms in total. The minimum absolute atomic E-state index is 0.202. The molecule has 138 valence electrons. The monoisotopic (exact) mass is 360 g/mol. The van der Waals surface area contributed by atoms with E-state index < -0.39 is 0 Å². The number of para-hydroxylation sites is 1. The lowest BCUT2D eigenvalue weighted by Crippen LogP contribution is -2.26. The summed E-state index contributed by atoms with van der Waals surface area (Å²) >= 11 is 0. The summed E-state index contributed by atoms with van der Waals surface area (Å²) in [5.41, 5.74) is 4.38. The first kappa shape index (κ1) is 18.6. The molecule has 5 heteroatoms. The molecule has 0 spiro atoms. The van der Waals surface area contributed by atoms with Gasteiger partial charge in [0.1, 0.15) is 5.69 Å². The molecule has 0 saturated carbocycles. The van der Waals surface area contributed by atoms with E-state index in [1.807, 2.05) is 80.3 Å². The molecule has 3 rings (SSSR count). The van der Waals surface area contributed by atoms with E-state index in [0.29, 0.717) is 24.7 Å². The number of anilines is 2. The summed E-state index contributed by atoms with van der Waals surface area (Å²) < 4.78 is 0. The Hall–Kier alpha value is -3.21. The molecule has 0 radical (unpaired) electrons. The zero-order valence-electron chi connectivity index (χ0n) is 15.9. The second-order valence-corrected chi connectivity index (χ2v) is 6.44. The van der Waals surface area contributed by atoms with E-state index in [4.69, 9.17) is 0 Å². The summed E-state index contributed by atoms with van der Waals surface area (Å²) in [4.78, 5) is 23.6. The average molecular weight is 360 g/mol. The number of amides is 1. The number of nitrogens with zero attached hydrogens (tertiary/aromatic N) is 3. The number of rotatable bonds is 6. The Morgan fingerprint density at radius 3 is 2.37 bits per heavy atom. The highest BCUT2D eigenvalue weighted by Crippen LogP contribution is 2.22. The van der Waals surface area contributed by atoms with Crippen molar-refractivity contribution < 1.29 is 4.79 Å². The quantitative estimate of drug-likeness (QED) is 0.716. The van der Waals surface area contributed by atoms with E-state index in [9.17, 15) is 4.79 Å². The summed E-state index contributed by atoms with van der Waals surface area (Å²) in [5.74, 6) is 0.329. The first-order valence-electron chi connectivity index (χ1n) is 9.09. The largest absolute Gasteiger partial charge is 0.347 e. The van der Waals surface area contributed by atoms with Crippen LogP contribution in [0.25, 0.3) is 0 Å². The Labute approximate surface area is 160 Å². The van der Waals surface area contributed by atoms with Gasteiger partial charge in [0.2, 0.25) is 5.95 Å². The lowest BCUT2D eigenvalue weighted by atomic mass is 10.1. The summed E-state index contributed by atoms with van der Waals surface area (Å²) in [6, 6.07) is 19.7. The molecular weight excluding hydrogens is 336 g/mol. The molecule has 0 aliphatic heterocycles. The van der Waals surface area contributed by atoms with Crippen molar-refractivity contribution in [3.05, 3.63) is 83.2 Å². The SMILES string of the molecule is CCN(c1ccccc1)c1nc(C)cc(C(=O)NCc2ccc(C)cc2)n1. The Morgan fingerprint density at radius 1 is 1.00 bits per heavy atom. The number of benzene rings is 2. The maximum atomic E-state index is 12.6. The molecular formula is C22H24N4O. The third-order valence-electron chi connectivity index (χ3n) is 4.27. The fourth-order valence-corrected chi connectivity index (χ4v) is 2.82. The molecule has 0 unspecified atom stereocenters. The number of aromatic nitrogens is 2.